The number of guanidine groups is 1. The van der Waals surface area contributed by atoms with Gasteiger partial charge in [-0.2, -0.15) is 0 Å². The van der Waals surface area contributed by atoms with Gasteiger partial charge in [-0.25, -0.2) is 0 Å². The van der Waals surface area contributed by atoms with Crippen LogP contribution in [-0.4, -0.2) is 41.4 Å². The highest BCUT2D eigenvalue weighted by Crippen LogP contribution is 2.17. The molecule has 0 unspecified atom stereocenters. The van der Waals surface area contributed by atoms with Gasteiger partial charge in [0.1, 0.15) is 12.1 Å². The highest BCUT2D eigenvalue weighted by Gasteiger charge is 2.07. The Morgan fingerprint density at radius 1 is 1.07 bits per heavy atom. The van der Waals surface area contributed by atoms with Crippen LogP contribution in [0.4, 0.5) is 0 Å². The summed E-state index contributed by atoms with van der Waals surface area (Å²) in [5, 5.41) is 14.8. The fourth-order valence-corrected chi connectivity index (χ4v) is 2.79. The van der Waals surface area contributed by atoms with Gasteiger partial charge in [0.25, 0.3) is 0 Å². The van der Waals surface area contributed by atoms with Crippen molar-refractivity contribution in [3.63, 3.8) is 0 Å². The Labute approximate surface area is 159 Å². The van der Waals surface area contributed by atoms with Gasteiger partial charge in [-0.3, -0.25) is 9.56 Å². The summed E-state index contributed by atoms with van der Waals surface area (Å²) in [7, 11) is 3.44. The first-order valence-corrected chi connectivity index (χ1v) is 8.82. The summed E-state index contributed by atoms with van der Waals surface area (Å²) in [6.45, 7) is 1.26. The molecular weight excluding hydrogens is 340 g/mol. The van der Waals surface area contributed by atoms with Crippen LogP contribution in [0.3, 0.4) is 0 Å². The largest absolute Gasteiger partial charge is 0.496 e. The van der Waals surface area contributed by atoms with Crippen LogP contribution < -0.4 is 15.4 Å². The fourth-order valence-electron chi connectivity index (χ4n) is 2.79. The van der Waals surface area contributed by atoms with Crippen molar-refractivity contribution < 1.29 is 4.74 Å². The van der Waals surface area contributed by atoms with Gasteiger partial charge >= 0.3 is 0 Å². The van der Waals surface area contributed by atoms with E-state index in [2.05, 4.69) is 31.9 Å². The van der Waals surface area contributed by atoms with Crippen LogP contribution in [0.5, 0.6) is 5.75 Å². The van der Waals surface area contributed by atoms with Crippen molar-refractivity contribution in [3.05, 3.63) is 72.3 Å². The molecule has 1 heterocycles. The Bertz CT molecular complexity index is 875. The van der Waals surface area contributed by atoms with Gasteiger partial charge in [-0.05, 0) is 30.2 Å². The van der Waals surface area contributed by atoms with E-state index in [0.29, 0.717) is 12.5 Å². The molecule has 27 heavy (non-hydrogen) atoms. The van der Waals surface area contributed by atoms with Crippen LogP contribution in [0.2, 0.25) is 0 Å². The molecule has 0 fully saturated rings. The Hall–Kier alpha value is -3.35. The lowest BCUT2D eigenvalue weighted by Gasteiger charge is -2.13. The van der Waals surface area contributed by atoms with Crippen molar-refractivity contribution in [2.45, 2.75) is 13.0 Å². The highest BCUT2D eigenvalue weighted by molar-refractivity contribution is 5.79. The van der Waals surface area contributed by atoms with E-state index < -0.39 is 0 Å². The number of benzene rings is 2. The molecule has 0 radical (unpaired) electrons. The Morgan fingerprint density at radius 3 is 2.63 bits per heavy atom. The van der Waals surface area contributed by atoms with Gasteiger partial charge in [0.15, 0.2) is 11.8 Å². The molecule has 0 bridgehead atoms. The average molecular weight is 364 g/mol. The summed E-state index contributed by atoms with van der Waals surface area (Å²) in [4.78, 5) is 4.27. The van der Waals surface area contributed by atoms with Gasteiger partial charge < -0.3 is 15.4 Å². The second-order valence-electron chi connectivity index (χ2n) is 5.87. The maximum absolute atomic E-state index is 5.39. The monoisotopic (exact) mass is 364 g/mol. The van der Waals surface area contributed by atoms with Crippen molar-refractivity contribution in [1.82, 2.24) is 25.4 Å². The molecule has 0 amide bonds. The number of rotatable bonds is 7. The maximum Gasteiger partial charge on any atom is 0.191 e. The van der Waals surface area contributed by atoms with E-state index in [9.17, 15) is 0 Å². The van der Waals surface area contributed by atoms with Gasteiger partial charge in [0.2, 0.25) is 0 Å². The van der Waals surface area contributed by atoms with E-state index in [1.807, 2.05) is 53.1 Å². The molecule has 2 aromatic carbocycles. The van der Waals surface area contributed by atoms with Crippen LogP contribution in [0.15, 0.2) is 65.9 Å². The summed E-state index contributed by atoms with van der Waals surface area (Å²) >= 11 is 0. The van der Waals surface area contributed by atoms with Crippen LogP contribution >= 0.6 is 0 Å². The van der Waals surface area contributed by atoms with Crippen LogP contribution in [-0.2, 0) is 13.0 Å². The zero-order valence-corrected chi connectivity index (χ0v) is 15.6. The van der Waals surface area contributed by atoms with E-state index in [1.54, 1.807) is 20.5 Å². The summed E-state index contributed by atoms with van der Waals surface area (Å²) in [5.41, 5.74) is 2.19. The summed E-state index contributed by atoms with van der Waals surface area (Å²) < 4.78 is 7.34. The molecule has 0 aliphatic rings. The molecule has 3 aromatic rings. The van der Waals surface area contributed by atoms with Crippen molar-refractivity contribution in [3.8, 4) is 11.4 Å². The number of para-hydroxylation sites is 2. The molecule has 0 atom stereocenters. The lowest BCUT2D eigenvalue weighted by Crippen LogP contribution is -2.38. The molecule has 0 spiro atoms. The second-order valence-corrected chi connectivity index (χ2v) is 5.87. The van der Waals surface area contributed by atoms with E-state index in [-0.39, 0.29) is 0 Å². The lowest BCUT2D eigenvalue weighted by molar-refractivity contribution is 0.409. The van der Waals surface area contributed by atoms with Gasteiger partial charge in [-0.1, -0.05) is 36.4 Å². The smallest absolute Gasteiger partial charge is 0.191 e. The molecule has 7 nitrogen and oxygen atoms in total. The molecule has 0 aliphatic heterocycles. The molecule has 0 saturated heterocycles. The zero-order chi connectivity index (χ0) is 18.9. The quantitative estimate of drug-likeness (QED) is 0.496. The minimum atomic E-state index is 0.517. The first kappa shape index (κ1) is 18.4. The van der Waals surface area contributed by atoms with Crippen molar-refractivity contribution in [2.75, 3.05) is 20.7 Å². The maximum atomic E-state index is 5.39. The third-order valence-electron chi connectivity index (χ3n) is 4.17. The van der Waals surface area contributed by atoms with Gasteiger partial charge in [0, 0.05) is 19.3 Å². The number of hydrogen-bond acceptors (Lipinski definition) is 4. The lowest BCUT2D eigenvalue weighted by atomic mass is 10.1. The first-order chi connectivity index (χ1) is 13.3. The first-order valence-electron chi connectivity index (χ1n) is 8.82. The van der Waals surface area contributed by atoms with Crippen LogP contribution in [0.1, 0.15) is 11.4 Å². The number of hydrogen-bond donors (Lipinski definition) is 2. The summed E-state index contributed by atoms with van der Waals surface area (Å²) in [6.07, 6.45) is 2.55. The second kappa shape index (κ2) is 9.38. The molecule has 1 aromatic heterocycles. The fraction of sp³-hybridized carbons (Fsp3) is 0.250. The molecular formula is C20H24N6O. The number of nitrogens with zero attached hydrogens (tertiary/aromatic N) is 4. The van der Waals surface area contributed by atoms with Crippen LogP contribution in [0, 0.1) is 0 Å². The summed E-state index contributed by atoms with van der Waals surface area (Å²) in [6, 6.07) is 18.0. The topological polar surface area (TPSA) is 76.4 Å². The molecule has 7 heteroatoms. The average Bonchev–Trinajstić information content (AvgIpc) is 3.20. The highest BCUT2D eigenvalue weighted by atomic mass is 16.5. The Balaban J connectivity index is 1.54. The number of aromatic nitrogens is 3. The summed E-state index contributed by atoms with van der Waals surface area (Å²) in [5.74, 6) is 2.43. The van der Waals surface area contributed by atoms with Crippen molar-refractivity contribution in [1.29, 1.82) is 0 Å². The zero-order valence-electron chi connectivity index (χ0n) is 15.6. The number of aliphatic imine (C=N–C) groups is 1. The molecule has 2 N–H and O–H groups in total. The Morgan fingerprint density at radius 2 is 1.85 bits per heavy atom. The minimum absolute atomic E-state index is 0.517. The van der Waals surface area contributed by atoms with E-state index in [1.165, 1.54) is 0 Å². The number of nitrogens with one attached hydrogen (secondary N) is 2. The van der Waals surface area contributed by atoms with Gasteiger partial charge in [0.05, 0.1) is 13.7 Å². The Kier molecular flexibility index (Phi) is 6.40. The third kappa shape index (κ3) is 4.84. The molecule has 3 rings (SSSR count). The predicted molar refractivity (Wildman–Crippen MR) is 106 cm³/mol. The standard InChI is InChI=1S/C20H24N6O/c1-21-20(22-13-12-16-8-6-7-11-18(16)27-2)23-14-19-25-24-15-26(19)17-9-4-3-5-10-17/h3-11,15H,12-14H2,1-2H3,(H2,21,22,23). The number of ether oxygens (including phenoxy) is 1. The van der Waals surface area contributed by atoms with E-state index in [0.717, 1.165) is 35.8 Å². The molecule has 0 saturated carbocycles. The third-order valence-corrected chi connectivity index (χ3v) is 4.17. The molecule has 140 valence electrons. The predicted octanol–water partition coefficient (Wildman–Crippen LogP) is 2.18. The molecule has 0 aliphatic carbocycles. The van der Waals surface area contributed by atoms with Gasteiger partial charge in [-0.15, -0.1) is 10.2 Å². The van der Waals surface area contributed by atoms with Crippen molar-refractivity contribution in [2.24, 2.45) is 4.99 Å². The normalized spacial score (nSPS) is 11.3. The van der Waals surface area contributed by atoms with E-state index in [4.69, 9.17) is 4.74 Å². The van der Waals surface area contributed by atoms with E-state index >= 15 is 0 Å². The van der Waals surface area contributed by atoms with Crippen LogP contribution in [0.25, 0.3) is 5.69 Å². The SMILES string of the molecule is CN=C(NCCc1ccccc1OC)NCc1nncn1-c1ccccc1. The van der Waals surface area contributed by atoms with Crippen molar-refractivity contribution >= 4 is 5.96 Å². The minimum Gasteiger partial charge on any atom is -0.496 e. The number of methoxy groups -OCH3 is 1.